The highest BCUT2D eigenvalue weighted by molar-refractivity contribution is 5.81. The molecule has 1 fully saturated rings. The number of morpholine rings is 1. The zero-order chi connectivity index (χ0) is 25.7. The highest BCUT2D eigenvalue weighted by Crippen LogP contribution is 2.29. The summed E-state index contributed by atoms with van der Waals surface area (Å²) in [5, 5.41) is 14.0. The number of aromatic amines is 1. The lowest BCUT2D eigenvalue weighted by Crippen LogP contribution is -2.40. The van der Waals surface area contributed by atoms with E-state index in [9.17, 15) is 4.79 Å². The van der Waals surface area contributed by atoms with E-state index in [4.69, 9.17) is 4.74 Å². The van der Waals surface area contributed by atoms with Gasteiger partial charge in [-0.25, -0.2) is 4.68 Å². The van der Waals surface area contributed by atoms with Crippen LogP contribution in [0.25, 0.3) is 10.9 Å². The molecule has 1 atom stereocenters. The molecule has 1 aromatic carbocycles. The maximum Gasteiger partial charge on any atom is 0.252 e. The summed E-state index contributed by atoms with van der Waals surface area (Å²) in [6.45, 7) is 16.6. The highest BCUT2D eigenvalue weighted by Gasteiger charge is 2.31. The van der Waals surface area contributed by atoms with Gasteiger partial charge in [0, 0.05) is 31.7 Å². The number of pyridine rings is 1. The van der Waals surface area contributed by atoms with Crippen molar-refractivity contribution in [2.45, 2.75) is 72.0 Å². The first-order chi connectivity index (χ1) is 17.3. The molecule has 1 N–H and O–H groups in total. The van der Waals surface area contributed by atoms with E-state index >= 15 is 0 Å². The molecule has 0 amide bonds. The molecule has 1 saturated heterocycles. The van der Waals surface area contributed by atoms with Gasteiger partial charge in [0.1, 0.15) is 0 Å². The van der Waals surface area contributed by atoms with Gasteiger partial charge in [0.15, 0.2) is 5.82 Å². The molecule has 0 spiro atoms. The molecule has 1 aliphatic rings. The van der Waals surface area contributed by atoms with Crippen molar-refractivity contribution in [1.82, 2.24) is 35.0 Å². The molecule has 0 bridgehead atoms. The van der Waals surface area contributed by atoms with E-state index in [1.807, 2.05) is 29.8 Å². The third kappa shape index (κ3) is 5.85. The second-order valence-electron chi connectivity index (χ2n) is 10.5. The van der Waals surface area contributed by atoms with E-state index in [1.165, 1.54) is 0 Å². The minimum atomic E-state index is -0.191. The van der Waals surface area contributed by atoms with Crippen molar-refractivity contribution in [3.8, 4) is 0 Å². The molecule has 196 valence electrons. The Hall–Kier alpha value is -2.62. The molecule has 1 aliphatic heterocycles. The molecule has 3 aromatic rings. The molecule has 4 rings (SSSR count). The van der Waals surface area contributed by atoms with Gasteiger partial charge in [-0.2, -0.15) is 0 Å². The number of aromatic nitrogens is 5. The van der Waals surface area contributed by atoms with Crippen molar-refractivity contribution in [3.05, 3.63) is 51.6 Å². The summed E-state index contributed by atoms with van der Waals surface area (Å²) in [6, 6.07) is 8.17. The van der Waals surface area contributed by atoms with Gasteiger partial charge in [-0.3, -0.25) is 14.6 Å². The average molecular weight is 496 g/mol. The third-order valence-electron chi connectivity index (χ3n) is 7.62. The van der Waals surface area contributed by atoms with Gasteiger partial charge in [0.2, 0.25) is 0 Å². The molecule has 3 heterocycles. The average Bonchev–Trinajstić information content (AvgIpc) is 3.37. The number of tetrazole rings is 1. The maximum atomic E-state index is 13.2. The summed E-state index contributed by atoms with van der Waals surface area (Å²) < 4.78 is 7.48. The normalized spacial score (nSPS) is 16.2. The van der Waals surface area contributed by atoms with Crippen molar-refractivity contribution < 1.29 is 4.74 Å². The Labute approximate surface area is 213 Å². The van der Waals surface area contributed by atoms with Gasteiger partial charge < -0.3 is 9.72 Å². The lowest BCUT2D eigenvalue weighted by atomic mass is 10.0. The molecule has 9 heteroatoms. The second-order valence-corrected chi connectivity index (χ2v) is 10.5. The van der Waals surface area contributed by atoms with Crippen LogP contribution in [0.15, 0.2) is 29.1 Å². The number of hydrogen-bond donors (Lipinski definition) is 1. The van der Waals surface area contributed by atoms with Crippen molar-refractivity contribution in [3.63, 3.8) is 0 Å². The van der Waals surface area contributed by atoms with Gasteiger partial charge in [-0.05, 0) is 74.0 Å². The molecule has 0 radical (unpaired) electrons. The van der Waals surface area contributed by atoms with Crippen LogP contribution < -0.4 is 5.56 Å². The van der Waals surface area contributed by atoms with E-state index in [2.05, 4.69) is 64.1 Å². The van der Waals surface area contributed by atoms with Crippen molar-refractivity contribution in [2.24, 2.45) is 0 Å². The minimum absolute atomic E-state index is 0.00289. The largest absolute Gasteiger partial charge is 0.379 e. The van der Waals surface area contributed by atoms with Gasteiger partial charge in [0.25, 0.3) is 5.56 Å². The van der Waals surface area contributed by atoms with Crippen molar-refractivity contribution in [1.29, 1.82) is 0 Å². The van der Waals surface area contributed by atoms with Crippen LogP contribution in [0.5, 0.6) is 0 Å². The third-order valence-corrected chi connectivity index (χ3v) is 7.62. The van der Waals surface area contributed by atoms with Crippen LogP contribution in [-0.4, -0.2) is 74.4 Å². The standard InChI is InChI=1S/C27H41N7O2/c1-6-23(25-29-30-31-34(25)27(4,5)7-2)33(13-9-12-32-14-16-36-17-15-32)19-22-18-21-11-8-10-20(3)24(21)28-26(22)35/h8,10-11,18,23H,6-7,9,12-17,19H2,1-5H3,(H,28,35)/t23-/m1/s1. The zero-order valence-corrected chi connectivity index (χ0v) is 22.5. The summed E-state index contributed by atoms with van der Waals surface area (Å²) >= 11 is 0. The molecule has 0 saturated carbocycles. The lowest BCUT2D eigenvalue weighted by Gasteiger charge is -2.34. The molecule has 9 nitrogen and oxygen atoms in total. The van der Waals surface area contributed by atoms with Crippen LogP contribution in [0.4, 0.5) is 0 Å². The molecule has 36 heavy (non-hydrogen) atoms. The fraction of sp³-hybridized carbons (Fsp3) is 0.630. The van der Waals surface area contributed by atoms with Crippen LogP contribution >= 0.6 is 0 Å². The zero-order valence-electron chi connectivity index (χ0n) is 22.5. The number of fused-ring (bicyclic) bond motifs is 1. The Morgan fingerprint density at radius 3 is 2.72 bits per heavy atom. The number of nitrogens with zero attached hydrogens (tertiary/aromatic N) is 6. The molecule has 0 aliphatic carbocycles. The summed E-state index contributed by atoms with van der Waals surface area (Å²) in [5.41, 5.74) is 2.53. The van der Waals surface area contributed by atoms with Crippen LogP contribution in [0, 0.1) is 6.92 Å². The lowest BCUT2D eigenvalue weighted by molar-refractivity contribution is 0.0348. The smallest absolute Gasteiger partial charge is 0.252 e. The monoisotopic (exact) mass is 495 g/mol. The van der Waals surface area contributed by atoms with Gasteiger partial charge in [-0.1, -0.05) is 32.0 Å². The van der Waals surface area contributed by atoms with Gasteiger partial charge >= 0.3 is 0 Å². The first-order valence-corrected chi connectivity index (χ1v) is 13.3. The number of hydrogen-bond acceptors (Lipinski definition) is 7. The molecular formula is C27H41N7O2. The Bertz CT molecular complexity index is 1200. The Kier molecular flexibility index (Phi) is 8.54. The van der Waals surface area contributed by atoms with E-state index in [1.54, 1.807) is 0 Å². The van der Waals surface area contributed by atoms with Crippen LogP contribution in [0.2, 0.25) is 0 Å². The van der Waals surface area contributed by atoms with Crippen LogP contribution in [-0.2, 0) is 16.8 Å². The van der Waals surface area contributed by atoms with Crippen LogP contribution in [0.3, 0.4) is 0 Å². The number of ether oxygens (including phenoxy) is 1. The number of rotatable bonds is 11. The number of para-hydroxylation sites is 1. The van der Waals surface area contributed by atoms with Crippen molar-refractivity contribution in [2.75, 3.05) is 39.4 Å². The van der Waals surface area contributed by atoms with Gasteiger partial charge in [-0.15, -0.1) is 5.10 Å². The number of H-pyrrole nitrogens is 1. The minimum Gasteiger partial charge on any atom is -0.379 e. The fourth-order valence-corrected chi connectivity index (χ4v) is 5.02. The quantitative estimate of drug-likeness (QED) is 0.434. The fourth-order valence-electron chi connectivity index (χ4n) is 5.02. The molecular weight excluding hydrogens is 454 g/mol. The number of aryl methyl sites for hydroxylation is 1. The predicted octanol–water partition coefficient (Wildman–Crippen LogP) is 3.64. The SMILES string of the molecule is CC[C@H](c1nnnn1C(C)(C)CC)N(CCCN1CCOCC1)Cc1cc2cccc(C)c2[nH]c1=O. The highest BCUT2D eigenvalue weighted by atomic mass is 16.5. The summed E-state index contributed by atoms with van der Waals surface area (Å²) in [4.78, 5) is 21.1. The molecule has 0 unspecified atom stereocenters. The summed E-state index contributed by atoms with van der Waals surface area (Å²) in [7, 11) is 0. The summed E-state index contributed by atoms with van der Waals surface area (Å²) in [6.07, 6.45) is 2.77. The number of nitrogens with one attached hydrogen (secondary N) is 1. The maximum absolute atomic E-state index is 13.2. The summed E-state index contributed by atoms with van der Waals surface area (Å²) in [5.74, 6) is 0.865. The first kappa shape index (κ1) is 26.4. The van der Waals surface area contributed by atoms with E-state index in [-0.39, 0.29) is 17.1 Å². The second kappa shape index (κ2) is 11.6. The van der Waals surface area contributed by atoms with E-state index in [0.717, 1.165) is 86.5 Å². The predicted molar refractivity (Wildman–Crippen MR) is 142 cm³/mol. The Morgan fingerprint density at radius 2 is 2.00 bits per heavy atom. The molecule has 2 aromatic heterocycles. The topological polar surface area (TPSA) is 92.2 Å². The van der Waals surface area contributed by atoms with Gasteiger partial charge in [0.05, 0.1) is 30.3 Å². The van der Waals surface area contributed by atoms with E-state index in [0.29, 0.717) is 6.54 Å². The number of benzene rings is 1. The van der Waals surface area contributed by atoms with Crippen molar-refractivity contribution >= 4 is 10.9 Å². The first-order valence-electron chi connectivity index (χ1n) is 13.3. The van der Waals surface area contributed by atoms with Crippen LogP contribution in [0.1, 0.15) is 70.0 Å². The Balaban J connectivity index is 1.64. The van der Waals surface area contributed by atoms with E-state index < -0.39 is 0 Å². The Morgan fingerprint density at radius 1 is 1.22 bits per heavy atom.